The zero-order chi connectivity index (χ0) is 15.4. The Morgan fingerprint density at radius 1 is 1.05 bits per heavy atom. The monoisotopic (exact) mass is 293 g/mol. The number of rotatable bonds is 2. The SMILES string of the molecule is Nc1nccnc1C(=O)NNC(=O)c1ccc(F)cc1F. The number of carbonyl (C=O) groups excluding carboxylic acids is 2. The van der Waals surface area contributed by atoms with Gasteiger partial charge >= 0.3 is 0 Å². The van der Waals surface area contributed by atoms with Crippen molar-refractivity contribution in [2.75, 3.05) is 5.73 Å². The molecule has 108 valence electrons. The average molecular weight is 293 g/mol. The van der Waals surface area contributed by atoms with Crippen molar-refractivity contribution < 1.29 is 18.4 Å². The lowest BCUT2D eigenvalue weighted by Crippen LogP contribution is -2.42. The second-order valence-electron chi connectivity index (χ2n) is 3.82. The summed E-state index contributed by atoms with van der Waals surface area (Å²) in [7, 11) is 0. The van der Waals surface area contributed by atoms with E-state index >= 15 is 0 Å². The number of hydrogen-bond donors (Lipinski definition) is 3. The summed E-state index contributed by atoms with van der Waals surface area (Å²) in [4.78, 5) is 30.7. The minimum Gasteiger partial charge on any atom is -0.382 e. The van der Waals surface area contributed by atoms with Gasteiger partial charge in [0.25, 0.3) is 11.8 Å². The number of nitrogens with zero attached hydrogens (tertiary/aromatic N) is 2. The average Bonchev–Trinajstić information content (AvgIpc) is 2.45. The molecule has 1 aromatic heterocycles. The Balaban J connectivity index is 2.04. The van der Waals surface area contributed by atoms with E-state index in [1.807, 2.05) is 10.9 Å². The van der Waals surface area contributed by atoms with Gasteiger partial charge < -0.3 is 5.73 Å². The van der Waals surface area contributed by atoms with Crippen molar-refractivity contribution in [3.8, 4) is 0 Å². The lowest BCUT2D eigenvalue weighted by atomic mass is 10.2. The maximum absolute atomic E-state index is 13.4. The standard InChI is InChI=1S/C12H9F2N5O2/c13-6-1-2-7(8(14)5-6)11(20)18-19-12(21)9-10(15)17-4-3-16-9/h1-5H,(H2,15,17)(H,18,20)(H,19,21). The Morgan fingerprint density at radius 2 is 1.71 bits per heavy atom. The number of hydrazine groups is 1. The molecule has 0 saturated carbocycles. The van der Waals surface area contributed by atoms with Crippen molar-refractivity contribution in [2.24, 2.45) is 0 Å². The van der Waals surface area contributed by atoms with Gasteiger partial charge in [-0.25, -0.2) is 18.7 Å². The van der Waals surface area contributed by atoms with Gasteiger partial charge in [0.15, 0.2) is 11.5 Å². The van der Waals surface area contributed by atoms with E-state index in [1.54, 1.807) is 0 Å². The number of nitrogen functional groups attached to an aromatic ring is 1. The molecule has 0 aliphatic rings. The van der Waals surface area contributed by atoms with Crippen LogP contribution in [0.2, 0.25) is 0 Å². The molecule has 0 unspecified atom stereocenters. The van der Waals surface area contributed by atoms with Crippen LogP contribution in [0.3, 0.4) is 0 Å². The van der Waals surface area contributed by atoms with Crippen LogP contribution in [0.25, 0.3) is 0 Å². The number of benzene rings is 1. The molecular weight excluding hydrogens is 284 g/mol. The summed E-state index contributed by atoms with van der Waals surface area (Å²) in [6.45, 7) is 0. The molecule has 9 heteroatoms. The van der Waals surface area contributed by atoms with Crippen molar-refractivity contribution in [1.82, 2.24) is 20.8 Å². The predicted molar refractivity (Wildman–Crippen MR) is 67.7 cm³/mol. The molecule has 0 aliphatic heterocycles. The molecule has 1 aromatic carbocycles. The van der Waals surface area contributed by atoms with Crippen molar-refractivity contribution >= 4 is 17.6 Å². The number of amides is 2. The van der Waals surface area contributed by atoms with Gasteiger partial charge in [0.2, 0.25) is 0 Å². The Bertz CT molecular complexity index is 708. The summed E-state index contributed by atoms with van der Waals surface area (Å²) in [5.74, 6) is -3.78. The lowest BCUT2D eigenvalue weighted by molar-refractivity contribution is 0.0842. The quantitative estimate of drug-likeness (QED) is 0.695. The highest BCUT2D eigenvalue weighted by Crippen LogP contribution is 2.09. The number of nitrogens with two attached hydrogens (primary N) is 1. The van der Waals surface area contributed by atoms with Gasteiger partial charge in [0, 0.05) is 18.5 Å². The Kier molecular flexibility index (Phi) is 4.02. The largest absolute Gasteiger partial charge is 0.382 e. The molecular formula is C12H9F2N5O2. The highest BCUT2D eigenvalue weighted by atomic mass is 19.1. The van der Waals surface area contributed by atoms with Gasteiger partial charge in [-0.3, -0.25) is 20.4 Å². The topological polar surface area (TPSA) is 110 Å². The van der Waals surface area contributed by atoms with Crippen LogP contribution in [0.15, 0.2) is 30.6 Å². The van der Waals surface area contributed by atoms with E-state index in [9.17, 15) is 18.4 Å². The molecule has 7 nitrogen and oxygen atoms in total. The minimum absolute atomic E-state index is 0.128. The Labute approximate surface area is 117 Å². The van der Waals surface area contributed by atoms with Crippen LogP contribution < -0.4 is 16.6 Å². The first-order valence-corrected chi connectivity index (χ1v) is 5.61. The molecule has 2 rings (SSSR count). The van der Waals surface area contributed by atoms with Gasteiger partial charge in [-0.1, -0.05) is 0 Å². The van der Waals surface area contributed by atoms with Crippen molar-refractivity contribution in [2.45, 2.75) is 0 Å². The minimum atomic E-state index is -1.05. The summed E-state index contributed by atoms with van der Waals surface area (Å²) in [5.41, 5.74) is 8.77. The number of anilines is 1. The number of aromatic nitrogens is 2. The Morgan fingerprint density at radius 3 is 2.38 bits per heavy atom. The number of carbonyl (C=O) groups is 2. The molecule has 0 bridgehead atoms. The molecule has 2 amide bonds. The fourth-order valence-electron chi connectivity index (χ4n) is 1.44. The number of halogens is 2. The van der Waals surface area contributed by atoms with E-state index < -0.39 is 29.0 Å². The molecule has 0 aliphatic carbocycles. The van der Waals surface area contributed by atoms with Crippen LogP contribution in [0.4, 0.5) is 14.6 Å². The van der Waals surface area contributed by atoms with Crippen LogP contribution in [0.5, 0.6) is 0 Å². The summed E-state index contributed by atoms with van der Waals surface area (Å²) in [6, 6.07) is 2.42. The Hall–Kier alpha value is -3.10. The third-order valence-corrected chi connectivity index (χ3v) is 2.41. The molecule has 4 N–H and O–H groups in total. The van der Waals surface area contributed by atoms with Crippen LogP contribution in [0, 0.1) is 11.6 Å². The smallest absolute Gasteiger partial charge is 0.292 e. The van der Waals surface area contributed by atoms with Gasteiger partial charge in [-0.2, -0.15) is 0 Å². The van der Waals surface area contributed by atoms with E-state index in [0.29, 0.717) is 6.07 Å². The molecule has 1 heterocycles. The third kappa shape index (κ3) is 3.26. The number of hydrogen-bond acceptors (Lipinski definition) is 5. The zero-order valence-electron chi connectivity index (χ0n) is 10.4. The van der Waals surface area contributed by atoms with E-state index in [1.165, 1.54) is 12.4 Å². The number of nitrogens with one attached hydrogen (secondary N) is 2. The first kappa shape index (κ1) is 14.3. The summed E-state index contributed by atoms with van der Waals surface area (Å²) in [6.07, 6.45) is 2.53. The van der Waals surface area contributed by atoms with Crippen molar-refractivity contribution in [3.63, 3.8) is 0 Å². The normalized spacial score (nSPS) is 10.0. The van der Waals surface area contributed by atoms with Gasteiger partial charge in [-0.15, -0.1) is 0 Å². The van der Waals surface area contributed by atoms with Crippen molar-refractivity contribution in [1.29, 1.82) is 0 Å². The fourth-order valence-corrected chi connectivity index (χ4v) is 1.44. The first-order chi connectivity index (χ1) is 9.99. The van der Waals surface area contributed by atoms with E-state index in [4.69, 9.17) is 5.73 Å². The third-order valence-electron chi connectivity index (χ3n) is 2.41. The zero-order valence-corrected chi connectivity index (χ0v) is 10.4. The predicted octanol–water partition coefficient (Wildman–Crippen LogP) is 0.412. The van der Waals surface area contributed by atoms with E-state index in [-0.39, 0.29) is 11.5 Å². The molecule has 2 aromatic rings. The molecule has 0 spiro atoms. The van der Waals surface area contributed by atoms with Crippen LogP contribution >= 0.6 is 0 Å². The van der Waals surface area contributed by atoms with Crippen LogP contribution in [-0.2, 0) is 0 Å². The maximum Gasteiger partial charge on any atom is 0.292 e. The molecule has 21 heavy (non-hydrogen) atoms. The summed E-state index contributed by atoms with van der Waals surface area (Å²) >= 11 is 0. The van der Waals surface area contributed by atoms with Crippen LogP contribution in [-0.4, -0.2) is 21.8 Å². The lowest BCUT2D eigenvalue weighted by Gasteiger charge is -2.08. The second-order valence-corrected chi connectivity index (χ2v) is 3.82. The van der Waals surface area contributed by atoms with Gasteiger partial charge in [-0.05, 0) is 12.1 Å². The summed E-state index contributed by atoms with van der Waals surface area (Å²) in [5, 5.41) is 0. The van der Waals surface area contributed by atoms with E-state index in [0.717, 1.165) is 12.1 Å². The van der Waals surface area contributed by atoms with Gasteiger partial charge in [0.05, 0.1) is 5.56 Å². The fraction of sp³-hybridized carbons (Fsp3) is 0. The summed E-state index contributed by atoms with van der Waals surface area (Å²) < 4.78 is 26.1. The molecule has 0 radical (unpaired) electrons. The maximum atomic E-state index is 13.4. The van der Waals surface area contributed by atoms with Gasteiger partial charge in [0.1, 0.15) is 11.6 Å². The van der Waals surface area contributed by atoms with Crippen molar-refractivity contribution in [3.05, 3.63) is 53.5 Å². The second kappa shape index (κ2) is 5.90. The first-order valence-electron chi connectivity index (χ1n) is 5.61. The van der Waals surface area contributed by atoms with Crippen LogP contribution in [0.1, 0.15) is 20.8 Å². The highest BCUT2D eigenvalue weighted by molar-refractivity contribution is 6.00. The molecule has 0 saturated heterocycles. The molecule has 0 fully saturated rings. The molecule has 0 atom stereocenters. The van der Waals surface area contributed by atoms with E-state index in [2.05, 4.69) is 9.97 Å². The highest BCUT2D eigenvalue weighted by Gasteiger charge is 2.16.